The molecule has 0 bridgehead atoms. The lowest BCUT2D eigenvalue weighted by atomic mass is 10.1. The molecule has 6 nitrogen and oxygen atoms in total. The van der Waals surface area contributed by atoms with Crippen molar-refractivity contribution in [1.82, 2.24) is 19.9 Å². The van der Waals surface area contributed by atoms with Gasteiger partial charge in [-0.15, -0.1) is 0 Å². The van der Waals surface area contributed by atoms with Crippen molar-refractivity contribution in [3.8, 4) is 17.3 Å². The minimum atomic E-state index is -2.97. The van der Waals surface area contributed by atoms with Crippen molar-refractivity contribution in [2.24, 2.45) is 0 Å². The fraction of sp³-hybridized carbons (Fsp3) is 0.333. The molecular weight excluding hydrogens is 384 g/mol. The van der Waals surface area contributed by atoms with E-state index in [2.05, 4.69) is 45.9 Å². The van der Waals surface area contributed by atoms with E-state index in [1.807, 2.05) is 6.08 Å². The molecule has 1 N–H and O–H groups in total. The molecule has 1 fully saturated rings. The smallest absolute Gasteiger partial charge is 0.388 e. The van der Waals surface area contributed by atoms with Crippen LogP contribution in [0.15, 0.2) is 17.0 Å². The van der Waals surface area contributed by atoms with Gasteiger partial charge in [0.2, 0.25) is 5.88 Å². The van der Waals surface area contributed by atoms with Crippen LogP contribution in [0.1, 0.15) is 30.0 Å². The molecule has 1 aliphatic carbocycles. The van der Waals surface area contributed by atoms with Crippen LogP contribution in [0.2, 0.25) is 0 Å². The summed E-state index contributed by atoms with van der Waals surface area (Å²) in [4.78, 5) is 16.9. The number of aromatic nitrogens is 4. The molecule has 24 heavy (non-hydrogen) atoms. The topological polar surface area (TPSA) is 72.8 Å². The third-order valence-electron chi connectivity index (χ3n) is 3.78. The molecule has 2 aromatic rings. The van der Waals surface area contributed by atoms with Gasteiger partial charge in [0.15, 0.2) is 5.82 Å². The molecule has 0 spiro atoms. The zero-order valence-electron chi connectivity index (χ0n) is 12.3. The van der Waals surface area contributed by atoms with Crippen LogP contribution in [0.4, 0.5) is 14.6 Å². The van der Waals surface area contributed by atoms with Gasteiger partial charge in [-0.3, -0.25) is 0 Å². The van der Waals surface area contributed by atoms with Crippen molar-refractivity contribution in [3.05, 3.63) is 28.3 Å². The SMILES string of the molecule is FC(F)Oc1ncnc(C2CC2)c1-c1ncc2c(n1)NCC(Br)=C2. The highest BCUT2D eigenvalue weighted by atomic mass is 79.9. The maximum Gasteiger partial charge on any atom is 0.388 e. The lowest BCUT2D eigenvalue weighted by Crippen LogP contribution is -2.12. The van der Waals surface area contributed by atoms with Crippen LogP contribution in [0.3, 0.4) is 0 Å². The second-order valence-corrected chi connectivity index (χ2v) is 6.55. The van der Waals surface area contributed by atoms with Crippen molar-refractivity contribution >= 4 is 27.8 Å². The molecule has 0 radical (unpaired) electrons. The molecule has 9 heteroatoms. The summed E-state index contributed by atoms with van der Waals surface area (Å²) in [5.74, 6) is 0.946. The number of rotatable bonds is 4. The van der Waals surface area contributed by atoms with Crippen molar-refractivity contribution in [2.75, 3.05) is 11.9 Å². The summed E-state index contributed by atoms with van der Waals surface area (Å²) in [6.07, 6.45) is 6.70. The van der Waals surface area contributed by atoms with E-state index in [1.54, 1.807) is 6.20 Å². The van der Waals surface area contributed by atoms with E-state index >= 15 is 0 Å². The molecule has 1 aliphatic heterocycles. The lowest BCUT2D eigenvalue weighted by molar-refractivity contribution is -0.0525. The predicted octanol–water partition coefficient (Wildman–Crippen LogP) is 3.57. The van der Waals surface area contributed by atoms with E-state index in [0.717, 1.165) is 22.9 Å². The number of alkyl halides is 2. The normalized spacial score (nSPS) is 16.4. The van der Waals surface area contributed by atoms with E-state index in [4.69, 9.17) is 0 Å². The van der Waals surface area contributed by atoms with Gasteiger partial charge >= 0.3 is 6.61 Å². The average Bonchev–Trinajstić information content (AvgIpc) is 3.38. The van der Waals surface area contributed by atoms with Gasteiger partial charge in [0.1, 0.15) is 17.7 Å². The maximum atomic E-state index is 12.7. The minimum absolute atomic E-state index is 0.186. The first-order valence-corrected chi connectivity index (χ1v) is 8.18. The first kappa shape index (κ1) is 15.4. The number of nitrogens with one attached hydrogen (secondary N) is 1. The highest BCUT2D eigenvalue weighted by Crippen LogP contribution is 2.45. The van der Waals surface area contributed by atoms with E-state index in [9.17, 15) is 8.78 Å². The van der Waals surface area contributed by atoms with Crippen LogP contribution < -0.4 is 10.1 Å². The summed E-state index contributed by atoms with van der Waals surface area (Å²) >= 11 is 3.42. The third kappa shape index (κ3) is 2.95. The Hall–Kier alpha value is -2.16. The molecule has 4 rings (SSSR count). The summed E-state index contributed by atoms with van der Waals surface area (Å²) < 4.78 is 31.0. The van der Waals surface area contributed by atoms with E-state index in [1.165, 1.54) is 6.33 Å². The largest absolute Gasteiger partial charge is 0.416 e. The fourth-order valence-corrected chi connectivity index (χ4v) is 2.97. The van der Waals surface area contributed by atoms with Gasteiger partial charge in [-0.2, -0.15) is 8.78 Å². The number of anilines is 1. The Labute approximate surface area is 144 Å². The molecule has 124 valence electrons. The molecule has 2 aromatic heterocycles. The van der Waals surface area contributed by atoms with Crippen molar-refractivity contribution in [3.63, 3.8) is 0 Å². The monoisotopic (exact) mass is 395 g/mol. The van der Waals surface area contributed by atoms with E-state index < -0.39 is 6.61 Å². The maximum absolute atomic E-state index is 12.7. The summed E-state index contributed by atoms with van der Waals surface area (Å²) in [5.41, 5.74) is 1.82. The number of hydrogen-bond donors (Lipinski definition) is 1. The van der Waals surface area contributed by atoms with Crippen LogP contribution in [0.5, 0.6) is 5.88 Å². The molecule has 0 unspecified atom stereocenters. The Morgan fingerprint density at radius 3 is 2.83 bits per heavy atom. The van der Waals surface area contributed by atoms with Gasteiger partial charge in [-0.05, 0) is 18.9 Å². The zero-order chi connectivity index (χ0) is 16.7. The first-order chi connectivity index (χ1) is 11.6. The molecule has 2 aliphatic rings. The highest BCUT2D eigenvalue weighted by Gasteiger charge is 2.32. The summed E-state index contributed by atoms with van der Waals surface area (Å²) in [6, 6.07) is 0. The fourth-order valence-electron chi connectivity index (χ4n) is 2.58. The number of hydrogen-bond acceptors (Lipinski definition) is 6. The summed E-state index contributed by atoms with van der Waals surface area (Å²) in [7, 11) is 0. The summed E-state index contributed by atoms with van der Waals surface area (Å²) in [6.45, 7) is -2.37. The standard InChI is InChI=1S/C15H12BrF2N5O/c16-9-3-8-4-19-13(23-12(8)20-5-9)10-11(7-1-2-7)21-6-22-14(10)24-15(17)18/h3-4,6-7,15H,1-2,5H2,(H,19,20,23). The van der Waals surface area contributed by atoms with Crippen LogP contribution in [-0.2, 0) is 0 Å². The Kier molecular flexibility index (Phi) is 3.87. The van der Waals surface area contributed by atoms with Gasteiger partial charge in [0.25, 0.3) is 0 Å². The first-order valence-electron chi connectivity index (χ1n) is 7.39. The molecule has 1 saturated carbocycles. The predicted molar refractivity (Wildman–Crippen MR) is 87.1 cm³/mol. The highest BCUT2D eigenvalue weighted by molar-refractivity contribution is 9.11. The Morgan fingerprint density at radius 2 is 2.08 bits per heavy atom. The van der Waals surface area contributed by atoms with E-state index in [-0.39, 0.29) is 17.6 Å². The van der Waals surface area contributed by atoms with Crippen LogP contribution >= 0.6 is 15.9 Å². The molecule has 3 heterocycles. The number of fused-ring (bicyclic) bond motifs is 1. The number of ether oxygens (including phenoxy) is 1. The van der Waals surface area contributed by atoms with Crippen molar-refractivity contribution < 1.29 is 13.5 Å². The number of nitrogens with zero attached hydrogens (tertiary/aromatic N) is 4. The van der Waals surface area contributed by atoms with Crippen molar-refractivity contribution in [2.45, 2.75) is 25.4 Å². The molecule has 0 aromatic carbocycles. The van der Waals surface area contributed by atoms with Gasteiger partial charge in [0.05, 0.1) is 5.69 Å². The minimum Gasteiger partial charge on any atom is -0.416 e. The van der Waals surface area contributed by atoms with Crippen LogP contribution in [-0.4, -0.2) is 33.1 Å². The van der Waals surface area contributed by atoms with Gasteiger partial charge in [-0.25, -0.2) is 19.9 Å². The second kappa shape index (κ2) is 6.04. The molecule has 0 saturated heterocycles. The Balaban J connectivity index is 1.83. The molecule has 0 amide bonds. The van der Waals surface area contributed by atoms with Gasteiger partial charge in [-0.1, -0.05) is 15.9 Å². The average molecular weight is 396 g/mol. The van der Waals surface area contributed by atoms with Gasteiger partial charge in [0, 0.05) is 28.7 Å². The van der Waals surface area contributed by atoms with E-state index in [0.29, 0.717) is 23.6 Å². The quantitative estimate of drug-likeness (QED) is 0.852. The van der Waals surface area contributed by atoms with Gasteiger partial charge < -0.3 is 10.1 Å². The second-order valence-electron chi connectivity index (χ2n) is 5.53. The Morgan fingerprint density at radius 1 is 1.25 bits per heavy atom. The lowest BCUT2D eigenvalue weighted by Gasteiger charge is -2.16. The Bertz CT molecular complexity index is 826. The van der Waals surface area contributed by atoms with Crippen molar-refractivity contribution in [1.29, 1.82) is 0 Å². The van der Waals surface area contributed by atoms with Crippen LogP contribution in [0, 0.1) is 0 Å². The third-order valence-corrected chi connectivity index (χ3v) is 4.29. The zero-order valence-corrected chi connectivity index (χ0v) is 13.9. The van der Waals surface area contributed by atoms with Crippen LogP contribution in [0.25, 0.3) is 17.5 Å². The molecular formula is C15H12BrF2N5O. The summed E-state index contributed by atoms with van der Waals surface area (Å²) in [5, 5.41) is 3.15. The molecule has 0 atom stereocenters. The number of halogens is 3.